The number of thioether (sulfide) groups is 1. The van der Waals surface area contributed by atoms with Crippen LogP contribution >= 0.6 is 27.7 Å². The molecule has 0 amide bonds. The lowest BCUT2D eigenvalue weighted by atomic mass is 10.1. The zero-order valence-corrected chi connectivity index (χ0v) is 12.1. The quantitative estimate of drug-likeness (QED) is 0.676. The van der Waals surface area contributed by atoms with Gasteiger partial charge in [0.2, 0.25) is 0 Å². The first kappa shape index (κ1) is 13.6. The molecule has 0 unspecified atom stereocenters. The number of rotatable bonds is 5. The summed E-state index contributed by atoms with van der Waals surface area (Å²) in [5.41, 5.74) is 1.27. The molecule has 0 aliphatic rings. The van der Waals surface area contributed by atoms with Crippen molar-refractivity contribution in [2.45, 2.75) is 12.2 Å². The van der Waals surface area contributed by atoms with E-state index < -0.39 is 0 Å². The largest absolute Gasteiger partial charge is 0.423 e. The van der Waals surface area contributed by atoms with E-state index in [0.717, 1.165) is 33.3 Å². The fourth-order valence-electron chi connectivity index (χ4n) is 1.67. The molecule has 5 heteroatoms. The highest BCUT2D eigenvalue weighted by Gasteiger charge is 2.06. The SMILES string of the molecule is O=c1cc(CSCCCO)c2ccc(Br)cc2o1. The van der Waals surface area contributed by atoms with Gasteiger partial charge >= 0.3 is 5.63 Å². The number of aliphatic hydroxyl groups excluding tert-OH is 1. The molecule has 1 heterocycles. The summed E-state index contributed by atoms with van der Waals surface area (Å²) in [4.78, 5) is 11.5. The smallest absolute Gasteiger partial charge is 0.336 e. The Morgan fingerprint density at radius 3 is 2.94 bits per heavy atom. The molecule has 1 aromatic carbocycles. The van der Waals surface area contributed by atoms with Crippen molar-refractivity contribution in [1.29, 1.82) is 0 Å². The molecular formula is C13H13BrO3S. The van der Waals surface area contributed by atoms with Crippen molar-refractivity contribution in [1.82, 2.24) is 0 Å². The topological polar surface area (TPSA) is 50.4 Å². The molecule has 3 nitrogen and oxygen atoms in total. The molecule has 1 N–H and O–H groups in total. The zero-order valence-electron chi connectivity index (χ0n) is 9.69. The lowest BCUT2D eigenvalue weighted by Gasteiger charge is -2.05. The fourth-order valence-corrected chi connectivity index (χ4v) is 2.95. The Labute approximate surface area is 117 Å². The maximum Gasteiger partial charge on any atom is 0.336 e. The van der Waals surface area contributed by atoms with E-state index in [2.05, 4.69) is 15.9 Å². The lowest BCUT2D eigenvalue weighted by Crippen LogP contribution is -2.00. The summed E-state index contributed by atoms with van der Waals surface area (Å²) in [6, 6.07) is 7.23. The maximum atomic E-state index is 11.5. The molecule has 2 aromatic rings. The van der Waals surface area contributed by atoms with Gasteiger partial charge in [0.1, 0.15) is 5.58 Å². The van der Waals surface area contributed by atoms with Crippen LogP contribution in [0, 0.1) is 0 Å². The van der Waals surface area contributed by atoms with E-state index in [1.54, 1.807) is 23.9 Å². The van der Waals surface area contributed by atoms with E-state index in [-0.39, 0.29) is 12.2 Å². The Balaban J connectivity index is 2.28. The van der Waals surface area contributed by atoms with Crippen LogP contribution < -0.4 is 5.63 Å². The number of benzene rings is 1. The number of aliphatic hydroxyl groups is 1. The van der Waals surface area contributed by atoms with Gasteiger partial charge in [0.05, 0.1) is 0 Å². The second-order valence-electron chi connectivity index (χ2n) is 3.86. The van der Waals surface area contributed by atoms with Crippen molar-refractivity contribution in [3.8, 4) is 0 Å². The minimum absolute atomic E-state index is 0.206. The zero-order chi connectivity index (χ0) is 13.0. The van der Waals surface area contributed by atoms with Crippen LogP contribution in [0.1, 0.15) is 12.0 Å². The first-order chi connectivity index (χ1) is 8.70. The molecule has 0 bridgehead atoms. The van der Waals surface area contributed by atoms with Crippen molar-refractivity contribution in [2.24, 2.45) is 0 Å². The van der Waals surface area contributed by atoms with Crippen molar-refractivity contribution in [3.63, 3.8) is 0 Å². The summed E-state index contributed by atoms with van der Waals surface area (Å²) in [7, 11) is 0. The van der Waals surface area contributed by atoms with Gasteiger partial charge in [0.15, 0.2) is 0 Å². The van der Waals surface area contributed by atoms with Crippen molar-refractivity contribution >= 4 is 38.7 Å². The third kappa shape index (κ3) is 3.37. The maximum absolute atomic E-state index is 11.5. The molecule has 96 valence electrons. The molecule has 0 aliphatic carbocycles. The number of hydrogen-bond acceptors (Lipinski definition) is 4. The minimum atomic E-state index is -0.321. The Morgan fingerprint density at radius 1 is 1.33 bits per heavy atom. The van der Waals surface area contributed by atoms with Gasteiger partial charge in [-0.05, 0) is 35.9 Å². The summed E-state index contributed by atoms with van der Waals surface area (Å²) in [5, 5.41) is 9.69. The van der Waals surface area contributed by atoms with Crippen LogP contribution in [0.3, 0.4) is 0 Å². The van der Waals surface area contributed by atoms with Gasteiger partial charge in [0, 0.05) is 28.3 Å². The van der Waals surface area contributed by atoms with E-state index in [4.69, 9.17) is 9.52 Å². The Morgan fingerprint density at radius 2 is 2.17 bits per heavy atom. The van der Waals surface area contributed by atoms with Gasteiger partial charge < -0.3 is 9.52 Å². The first-order valence-corrected chi connectivity index (χ1v) is 7.56. The average Bonchev–Trinajstić information content (AvgIpc) is 2.33. The van der Waals surface area contributed by atoms with Crippen LogP contribution in [0.4, 0.5) is 0 Å². The van der Waals surface area contributed by atoms with Gasteiger partial charge in [-0.15, -0.1) is 0 Å². The highest BCUT2D eigenvalue weighted by molar-refractivity contribution is 9.10. The van der Waals surface area contributed by atoms with Crippen molar-refractivity contribution in [2.75, 3.05) is 12.4 Å². The molecule has 0 radical (unpaired) electrons. The summed E-state index contributed by atoms with van der Waals surface area (Å²) in [5.74, 6) is 1.64. The first-order valence-electron chi connectivity index (χ1n) is 5.61. The van der Waals surface area contributed by atoms with Crippen LogP contribution in [0.2, 0.25) is 0 Å². The van der Waals surface area contributed by atoms with Crippen molar-refractivity contribution < 1.29 is 9.52 Å². The molecule has 0 fully saturated rings. The van der Waals surface area contributed by atoms with Crippen LogP contribution in [-0.2, 0) is 5.75 Å². The summed E-state index contributed by atoms with van der Waals surface area (Å²) >= 11 is 5.07. The molecular weight excluding hydrogens is 316 g/mol. The molecule has 0 aliphatic heterocycles. The van der Waals surface area contributed by atoms with E-state index >= 15 is 0 Å². The van der Waals surface area contributed by atoms with Crippen LogP contribution in [0.5, 0.6) is 0 Å². The van der Waals surface area contributed by atoms with E-state index in [9.17, 15) is 4.79 Å². The molecule has 0 saturated carbocycles. The third-order valence-corrected chi connectivity index (χ3v) is 4.08. The molecule has 2 rings (SSSR count). The van der Waals surface area contributed by atoms with Gasteiger partial charge in [-0.1, -0.05) is 15.9 Å². The molecule has 18 heavy (non-hydrogen) atoms. The van der Waals surface area contributed by atoms with Crippen LogP contribution in [0.15, 0.2) is 37.9 Å². The molecule has 0 atom stereocenters. The van der Waals surface area contributed by atoms with Gasteiger partial charge in [0.25, 0.3) is 0 Å². The second-order valence-corrected chi connectivity index (χ2v) is 5.88. The normalized spacial score (nSPS) is 11.0. The number of hydrogen-bond donors (Lipinski definition) is 1. The Bertz CT molecular complexity index is 594. The molecule has 0 saturated heterocycles. The monoisotopic (exact) mass is 328 g/mol. The lowest BCUT2D eigenvalue weighted by molar-refractivity contribution is 0.296. The van der Waals surface area contributed by atoms with E-state index in [1.165, 1.54) is 0 Å². The van der Waals surface area contributed by atoms with Gasteiger partial charge in [-0.2, -0.15) is 11.8 Å². The van der Waals surface area contributed by atoms with E-state index in [0.29, 0.717) is 5.58 Å². The number of fused-ring (bicyclic) bond motifs is 1. The van der Waals surface area contributed by atoms with Gasteiger partial charge in [-0.25, -0.2) is 4.79 Å². The highest BCUT2D eigenvalue weighted by atomic mass is 79.9. The Hall–Kier alpha value is -0.780. The summed E-state index contributed by atoms with van der Waals surface area (Å²) in [6.07, 6.45) is 0.773. The number of halogens is 1. The average molecular weight is 329 g/mol. The second kappa shape index (κ2) is 6.41. The predicted octanol–water partition coefficient (Wildman–Crippen LogP) is 3.17. The van der Waals surface area contributed by atoms with Crippen LogP contribution in [0.25, 0.3) is 11.0 Å². The van der Waals surface area contributed by atoms with E-state index in [1.807, 2.05) is 12.1 Å². The molecule has 1 aromatic heterocycles. The third-order valence-electron chi connectivity index (χ3n) is 2.50. The van der Waals surface area contributed by atoms with Gasteiger partial charge in [-0.3, -0.25) is 0 Å². The minimum Gasteiger partial charge on any atom is -0.423 e. The molecule has 0 spiro atoms. The Kier molecular flexibility index (Phi) is 4.86. The summed E-state index contributed by atoms with van der Waals surface area (Å²) < 4.78 is 6.07. The summed E-state index contributed by atoms with van der Waals surface area (Å²) in [6.45, 7) is 0.206. The fraction of sp³-hybridized carbons (Fsp3) is 0.308. The van der Waals surface area contributed by atoms with Crippen LogP contribution in [-0.4, -0.2) is 17.5 Å². The predicted molar refractivity (Wildman–Crippen MR) is 78.0 cm³/mol. The highest BCUT2D eigenvalue weighted by Crippen LogP contribution is 2.24. The standard InChI is InChI=1S/C13H13BrO3S/c14-10-2-3-11-9(8-18-5-1-4-15)6-13(16)17-12(11)7-10/h2-3,6-7,15H,1,4-5,8H2. The van der Waals surface area contributed by atoms with Crippen molar-refractivity contribution in [3.05, 3.63) is 44.7 Å².